The molecule has 1 fully saturated rings. The van der Waals surface area contributed by atoms with E-state index in [1.807, 2.05) is 0 Å². The smallest absolute Gasteiger partial charge is 0.330 e. The number of aliphatic hydroxyl groups is 1. The molecular formula is C37H52O17. The molecule has 1 aliphatic rings. The summed E-state index contributed by atoms with van der Waals surface area (Å²) < 4.78 is 48.1. The van der Waals surface area contributed by atoms with Crippen LogP contribution in [0.4, 0.5) is 0 Å². The maximum absolute atomic E-state index is 13.1. The normalized spacial score (nSPS) is 18.1. The fourth-order valence-corrected chi connectivity index (χ4v) is 4.50. The van der Waals surface area contributed by atoms with E-state index in [1.165, 1.54) is 6.08 Å². The van der Waals surface area contributed by atoms with Crippen molar-refractivity contribution in [2.24, 2.45) is 0 Å². The molecular weight excluding hydrogens is 716 g/mol. The highest BCUT2D eigenvalue weighted by Crippen LogP contribution is 2.27. The van der Waals surface area contributed by atoms with Gasteiger partial charge in [-0.25, -0.2) is 14.4 Å². The summed E-state index contributed by atoms with van der Waals surface area (Å²) in [7, 11) is 0. The van der Waals surface area contributed by atoms with Gasteiger partial charge in [-0.3, -0.25) is 19.2 Å². The fraction of sp³-hybridized carbons (Fsp3) is 0.595. The number of unbranched alkanes of at least 4 members (excludes halogenated alkanes) is 4. The molecule has 5 atom stereocenters. The van der Waals surface area contributed by atoms with Crippen molar-refractivity contribution in [1.82, 2.24) is 0 Å². The summed E-state index contributed by atoms with van der Waals surface area (Å²) >= 11 is 0. The molecule has 1 rings (SSSR count). The van der Waals surface area contributed by atoms with Crippen LogP contribution in [0, 0.1) is 0 Å². The van der Waals surface area contributed by atoms with Gasteiger partial charge in [0.25, 0.3) is 0 Å². The van der Waals surface area contributed by atoms with E-state index in [0.717, 1.165) is 18.2 Å². The number of hydrogen-bond donors (Lipinski definition) is 1. The third-order valence-electron chi connectivity index (χ3n) is 7.27. The molecule has 17 heteroatoms. The van der Waals surface area contributed by atoms with Crippen LogP contribution in [0.1, 0.15) is 77.0 Å². The predicted molar refractivity (Wildman–Crippen MR) is 186 cm³/mol. The lowest BCUT2D eigenvalue weighted by Gasteiger charge is -2.40. The largest absolute Gasteiger partial charge is 0.463 e. The van der Waals surface area contributed by atoms with Crippen molar-refractivity contribution in [3.8, 4) is 0 Å². The van der Waals surface area contributed by atoms with Crippen LogP contribution in [0.5, 0.6) is 0 Å². The van der Waals surface area contributed by atoms with E-state index in [-0.39, 0.29) is 77.8 Å². The molecule has 1 aliphatic heterocycles. The lowest BCUT2D eigenvalue weighted by Crippen LogP contribution is -2.58. The molecule has 1 heterocycles. The average Bonchev–Trinajstić information content (AvgIpc) is 3.15. The second-order valence-electron chi connectivity index (χ2n) is 11.6. The highest BCUT2D eigenvalue weighted by molar-refractivity contribution is 5.81. The molecule has 0 aromatic heterocycles. The first-order valence-corrected chi connectivity index (χ1v) is 17.6. The molecule has 17 nitrogen and oxygen atoms in total. The molecule has 0 saturated carbocycles. The molecule has 0 radical (unpaired) electrons. The maximum atomic E-state index is 13.1. The van der Waals surface area contributed by atoms with Crippen LogP contribution < -0.4 is 0 Å². The standard InChI is InChI=1S/C37H52O17/c1-5-27(38)46-21-13-9-17-31(42)51-26-25-50-37(54-34(45)20-12-16-24-49-30(41)8-4)36(53-33(44)19-11-15-23-48-29(40)7-3)35(26)52-32(43)18-10-14-22-47-28(39)6-2/h5-8,26,29,35-37,40H,1-4,9-25H2/t26-,29?,35?,36-,37?/m1/s1. The topological polar surface area (TPSA) is 223 Å². The fourth-order valence-electron chi connectivity index (χ4n) is 4.50. The van der Waals surface area contributed by atoms with Gasteiger partial charge in [0.2, 0.25) is 12.4 Å². The van der Waals surface area contributed by atoms with Crippen molar-refractivity contribution in [3.05, 3.63) is 50.6 Å². The van der Waals surface area contributed by atoms with Gasteiger partial charge < -0.3 is 47.7 Å². The van der Waals surface area contributed by atoms with Gasteiger partial charge in [-0.1, -0.05) is 26.3 Å². The Morgan fingerprint density at radius 1 is 0.556 bits per heavy atom. The van der Waals surface area contributed by atoms with Crippen molar-refractivity contribution in [1.29, 1.82) is 0 Å². The first-order chi connectivity index (χ1) is 25.9. The Kier molecular flexibility index (Phi) is 25.0. The molecule has 0 spiro atoms. The van der Waals surface area contributed by atoms with E-state index < -0.39 is 79.3 Å². The Morgan fingerprint density at radius 3 is 1.37 bits per heavy atom. The van der Waals surface area contributed by atoms with Gasteiger partial charge >= 0.3 is 41.8 Å². The molecule has 302 valence electrons. The van der Waals surface area contributed by atoms with Gasteiger partial charge in [0.05, 0.1) is 33.0 Å². The number of ether oxygens (including phenoxy) is 9. The molecule has 1 N–H and O–H groups in total. The van der Waals surface area contributed by atoms with Crippen LogP contribution in [0.3, 0.4) is 0 Å². The number of aliphatic hydroxyl groups excluding tert-OH is 1. The minimum Gasteiger partial charge on any atom is -0.463 e. The van der Waals surface area contributed by atoms with Crippen LogP contribution in [0.2, 0.25) is 0 Å². The lowest BCUT2D eigenvalue weighted by molar-refractivity contribution is -0.275. The molecule has 0 aliphatic carbocycles. The highest BCUT2D eigenvalue weighted by atomic mass is 16.7. The van der Waals surface area contributed by atoms with Gasteiger partial charge in [0, 0.05) is 43.9 Å². The van der Waals surface area contributed by atoms with Crippen molar-refractivity contribution in [3.63, 3.8) is 0 Å². The van der Waals surface area contributed by atoms with Gasteiger partial charge in [0.15, 0.2) is 18.5 Å². The first kappa shape index (κ1) is 47.2. The highest BCUT2D eigenvalue weighted by Gasteiger charge is 2.49. The Balaban J connectivity index is 3.11. The second kappa shape index (κ2) is 28.6. The number of hydrogen-bond acceptors (Lipinski definition) is 17. The van der Waals surface area contributed by atoms with Gasteiger partial charge in [-0.2, -0.15) is 0 Å². The Bertz CT molecular complexity index is 1260. The van der Waals surface area contributed by atoms with Crippen LogP contribution in [0.15, 0.2) is 50.6 Å². The van der Waals surface area contributed by atoms with Crippen LogP contribution in [-0.4, -0.2) is 111 Å². The summed E-state index contributed by atoms with van der Waals surface area (Å²) in [6.45, 7) is 13.1. The molecule has 54 heavy (non-hydrogen) atoms. The molecule has 1 saturated heterocycles. The van der Waals surface area contributed by atoms with Gasteiger partial charge in [-0.05, 0) is 57.4 Å². The molecule has 0 bridgehead atoms. The van der Waals surface area contributed by atoms with Crippen LogP contribution in [0.25, 0.3) is 0 Å². The number of carbonyl (C=O) groups is 7. The summed E-state index contributed by atoms with van der Waals surface area (Å²) in [4.78, 5) is 85.6. The monoisotopic (exact) mass is 768 g/mol. The second-order valence-corrected chi connectivity index (χ2v) is 11.6. The third kappa shape index (κ3) is 21.6. The van der Waals surface area contributed by atoms with E-state index in [4.69, 9.17) is 42.6 Å². The summed E-state index contributed by atoms with van der Waals surface area (Å²) in [5, 5.41) is 9.47. The van der Waals surface area contributed by atoms with Crippen molar-refractivity contribution >= 4 is 41.8 Å². The van der Waals surface area contributed by atoms with Crippen molar-refractivity contribution in [2.45, 2.75) is 108 Å². The summed E-state index contributed by atoms with van der Waals surface area (Å²) in [6, 6.07) is 0. The first-order valence-electron chi connectivity index (χ1n) is 17.6. The molecule has 3 unspecified atom stereocenters. The summed E-state index contributed by atoms with van der Waals surface area (Å²) in [6.07, 6.45) is -1.06. The zero-order valence-electron chi connectivity index (χ0n) is 30.5. The van der Waals surface area contributed by atoms with E-state index in [1.54, 1.807) is 0 Å². The van der Waals surface area contributed by atoms with Gasteiger partial charge in [-0.15, -0.1) is 0 Å². The third-order valence-corrected chi connectivity index (χ3v) is 7.27. The maximum Gasteiger partial charge on any atom is 0.330 e. The Morgan fingerprint density at radius 2 is 0.944 bits per heavy atom. The molecule has 0 amide bonds. The van der Waals surface area contributed by atoms with Gasteiger partial charge in [0.1, 0.15) is 0 Å². The Hall–Kier alpha value is -4.87. The lowest BCUT2D eigenvalue weighted by atomic mass is 10.0. The van der Waals surface area contributed by atoms with Crippen molar-refractivity contribution < 1.29 is 81.3 Å². The average molecular weight is 769 g/mol. The predicted octanol–water partition coefficient (Wildman–Crippen LogP) is 3.01. The van der Waals surface area contributed by atoms with E-state index in [2.05, 4.69) is 26.3 Å². The summed E-state index contributed by atoms with van der Waals surface area (Å²) in [5.74, 6) is -4.89. The Labute approximate surface area is 314 Å². The number of esters is 7. The zero-order valence-corrected chi connectivity index (χ0v) is 30.5. The SMILES string of the molecule is C=CC(=O)OCCCCC(=O)OC1OC[C@@H](OC(=O)CCCCOC(=O)C=C)C(OC(=O)CCCCOC(=O)C=C)[C@H]1OC(=O)CCCCOC(O)C=C. The number of rotatable bonds is 29. The molecule has 0 aromatic carbocycles. The summed E-state index contributed by atoms with van der Waals surface area (Å²) in [5.41, 5.74) is 0. The quantitative estimate of drug-likeness (QED) is 0.0288. The zero-order chi connectivity index (χ0) is 40.1. The van der Waals surface area contributed by atoms with E-state index >= 15 is 0 Å². The number of carbonyl (C=O) groups excluding carboxylic acids is 7. The minimum absolute atomic E-state index is 0.0228. The minimum atomic E-state index is -1.57. The van der Waals surface area contributed by atoms with E-state index in [0.29, 0.717) is 25.7 Å². The van der Waals surface area contributed by atoms with Crippen LogP contribution >= 0.6 is 0 Å². The van der Waals surface area contributed by atoms with E-state index in [9.17, 15) is 38.7 Å². The molecule has 0 aromatic rings. The van der Waals surface area contributed by atoms with Crippen molar-refractivity contribution in [2.75, 3.05) is 33.0 Å². The van der Waals surface area contributed by atoms with Crippen LogP contribution in [-0.2, 0) is 76.2 Å².